The second-order valence-electron chi connectivity index (χ2n) is 2.16. The molecule has 0 atom stereocenters. The van der Waals surface area contributed by atoms with Crippen molar-refractivity contribution in [3.8, 4) is 0 Å². The van der Waals surface area contributed by atoms with Gasteiger partial charge < -0.3 is 5.32 Å². The van der Waals surface area contributed by atoms with Gasteiger partial charge in [-0.1, -0.05) is 6.08 Å². The van der Waals surface area contributed by atoms with Crippen LogP contribution in [0.3, 0.4) is 0 Å². The van der Waals surface area contributed by atoms with E-state index in [0.29, 0.717) is 0 Å². The first-order valence-corrected chi connectivity index (χ1v) is 3.10. The number of carbonyl (C=O) groups is 1. The molecule has 0 bridgehead atoms. The van der Waals surface area contributed by atoms with Crippen LogP contribution in [0.2, 0.25) is 0 Å². The van der Waals surface area contributed by atoms with Crippen molar-refractivity contribution in [1.82, 2.24) is 5.32 Å². The van der Waals surface area contributed by atoms with E-state index in [1.807, 2.05) is 20.8 Å². The van der Waals surface area contributed by atoms with E-state index in [1.54, 1.807) is 6.08 Å². The molecule has 0 aliphatic rings. The van der Waals surface area contributed by atoms with Crippen molar-refractivity contribution < 1.29 is 4.79 Å². The Morgan fingerprint density at radius 2 is 2.11 bits per heavy atom. The van der Waals surface area contributed by atoms with Crippen molar-refractivity contribution in [1.29, 1.82) is 0 Å². The number of nitrogens with one attached hydrogen (secondary N) is 1. The molecule has 1 amide bonds. The number of amides is 1. The molecule has 0 saturated heterocycles. The third-order valence-corrected chi connectivity index (χ3v) is 0.749. The van der Waals surface area contributed by atoms with Crippen LogP contribution in [-0.4, -0.2) is 11.9 Å². The molecule has 9 heavy (non-hydrogen) atoms. The highest BCUT2D eigenvalue weighted by molar-refractivity contribution is 5.87. The van der Waals surface area contributed by atoms with Crippen molar-refractivity contribution in [3.05, 3.63) is 12.2 Å². The molecule has 0 fully saturated rings. The lowest BCUT2D eigenvalue weighted by molar-refractivity contribution is -0.116. The SMILES string of the molecule is CC=CC(=O)NC(C)C. The van der Waals surface area contributed by atoms with Crippen molar-refractivity contribution in [3.63, 3.8) is 0 Å². The number of hydrogen-bond donors (Lipinski definition) is 1. The van der Waals surface area contributed by atoms with E-state index in [4.69, 9.17) is 0 Å². The molecular formula is C7H13NO. The molecule has 2 heteroatoms. The average Bonchev–Trinajstić information content (AvgIpc) is 1.63. The van der Waals surface area contributed by atoms with Gasteiger partial charge in [-0.3, -0.25) is 4.79 Å². The lowest BCUT2D eigenvalue weighted by Crippen LogP contribution is -2.28. The van der Waals surface area contributed by atoms with E-state index in [0.717, 1.165) is 0 Å². The van der Waals surface area contributed by atoms with Gasteiger partial charge in [-0.15, -0.1) is 0 Å². The van der Waals surface area contributed by atoms with Crippen molar-refractivity contribution in [2.45, 2.75) is 26.8 Å². The zero-order valence-electron chi connectivity index (χ0n) is 6.14. The van der Waals surface area contributed by atoms with Gasteiger partial charge in [-0.25, -0.2) is 0 Å². The van der Waals surface area contributed by atoms with Crippen LogP contribution in [0.15, 0.2) is 12.2 Å². The van der Waals surface area contributed by atoms with Crippen LogP contribution < -0.4 is 5.32 Å². The third-order valence-electron chi connectivity index (χ3n) is 0.749. The van der Waals surface area contributed by atoms with Gasteiger partial charge in [-0.2, -0.15) is 0 Å². The summed E-state index contributed by atoms with van der Waals surface area (Å²) in [7, 11) is 0. The molecule has 0 rings (SSSR count). The highest BCUT2D eigenvalue weighted by Crippen LogP contribution is 1.77. The van der Waals surface area contributed by atoms with Gasteiger partial charge in [0.05, 0.1) is 0 Å². The molecule has 1 N–H and O–H groups in total. The molecular weight excluding hydrogens is 114 g/mol. The van der Waals surface area contributed by atoms with Crippen molar-refractivity contribution in [2.24, 2.45) is 0 Å². The largest absolute Gasteiger partial charge is 0.350 e. The average molecular weight is 127 g/mol. The van der Waals surface area contributed by atoms with Crippen LogP contribution in [-0.2, 0) is 4.79 Å². The van der Waals surface area contributed by atoms with Gasteiger partial charge in [-0.05, 0) is 26.8 Å². The summed E-state index contributed by atoms with van der Waals surface area (Å²) in [5, 5.41) is 2.72. The van der Waals surface area contributed by atoms with E-state index in [-0.39, 0.29) is 11.9 Å². The minimum Gasteiger partial charge on any atom is -0.350 e. The van der Waals surface area contributed by atoms with Crippen LogP contribution in [0, 0.1) is 0 Å². The Kier molecular flexibility index (Phi) is 3.76. The molecule has 0 aliphatic heterocycles. The fraction of sp³-hybridized carbons (Fsp3) is 0.571. The molecule has 0 aromatic heterocycles. The van der Waals surface area contributed by atoms with Crippen LogP contribution in [0.4, 0.5) is 0 Å². The zero-order valence-corrected chi connectivity index (χ0v) is 6.14. The molecule has 0 spiro atoms. The molecule has 2 nitrogen and oxygen atoms in total. The summed E-state index contributed by atoms with van der Waals surface area (Å²) >= 11 is 0. The summed E-state index contributed by atoms with van der Waals surface area (Å²) < 4.78 is 0. The van der Waals surface area contributed by atoms with E-state index >= 15 is 0 Å². The number of carbonyl (C=O) groups excluding carboxylic acids is 1. The Hall–Kier alpha value is -0.790. The smallest absolute Gasteiger partial charge is 0.243 e. The predicted molar refractivity (Wildman–Crippen MR) is 38.1 cm³/mol. The molecule has 0 unspecified atom stereocenters. The van der Waals surface area contributed by atoms with Crippen molar-refractivity contribution in [2.75, 3.05) is 0 Å². The predicted octanol–water partition coefficient (Wildman–Crippen LogP) is 1.09. The third kappa shape index (κ3) is 5.07. The van der Waals surface area contributed by atoms with Crippen molar-refractivity contribution >= 4 is 5.91 Å². The second-order valence-corrected chi connectivity index (χ2v) is 2.16. The lowest BCUT2D eigenvalue weighted by Gasteiger charge is -2.03. The zero-order chi connectivity index (χ0) is 7.28. The van der Waals surface area contributed by atoms with Gasteiger partial charge in [0.15, 0.2) is 0 Å². The van der Waals surface area contributed by atoms with E-state index in [1.165, 1.54) is 6.08 Å². The molecule has 0 saturated carbocycles. The summed E-state index contributed by atoms with van der Waals surface area (Å²) in [5.41, 5.74) is 0. The summed E-state index contributed by atoms with van der Waals surface area (Å²) in [5.74, 6) is -0.0208. The van der Waals surface area contributed by atoms with Gasteiger partial charge in [0.25, 0.3) is 0 Å². The highest BCUT2D eigenvalue weighted by Gasteiger charge is 1.94. The highest BCUT2D eigenvalue weighted by atomic mass is 16.1. The Morgan fingerprint density at radius 3 is 2.44 bits per heavy atom. The molecule has 52 valence electrons. The molecule has 0 aromatic carbocycles. The van der Waals surface area contributed by atoms with E-state index in [2.05, 4.69) is 5.32 Å². The van der Waals surface area contributed by atoms with Crippen LogP contribution >= 0.6 is 0 Å². The van der Waals surface area contributed by atoms with Crippen LogP contribution in [0.5, 0.6) is 0 Å². The maximum absolute atomic E-state index is 10.7. The minimum atomic E-state index is -0.0208. The Morgan fingerprint density at radius 1 is 1.56 bits per heavy atom. The standard InChI is InChI=1S/C7H13NO/c1-4-5-7(9)8-6(2)3/h4-6H,1-3H3,(H,8,9). The van der Waals surface area contributed by atoms with Gasteiger partial charge >= 0.3 is 0 Å². The summed E-state index contributed by atoms with van der Waals surface area (Å²) in [6.45, 7) is 5.68. The molecule has 0 radical (unpaired) electrons. The summed E-state index contributed by atoms with van der Waals surface area (Å²) in [4.78, 5) is 10.7. The first kappa shape index (κ1) is 8.21. The van der Waals surface area contributed by atoms with Crippen LogP contribution in [0.1, 0.15) is 20.8 Å². The quantitative estimate of drug-likeness (QED) is 0.553. The Bertz CT molecular complexity index is 116. The maximum atomic E-state index is 10.7. The summed E-state index contributed by atoms with van der Waals surface area (Å²) in [6, 6.07) is 0.230. The maximum Gasteiger partial charge on any atom is 0.243 e. The minimum absolute atomic E-state index is 0.0208. The summed E-state index contributed by atoms with van der Waals surface area (Å²) in [6.07, 6.45) is 3.23. The fourth-order valence-electron chi connectivity index (χ4n) is 0.484. The van der Waals surface area contributed by atoms with E-state index < -0.39 is 0 Å². The fourth-order valence-corrected chi connectivity index (χ4v) is 0.484. The molecule has 0 aromatic rings. The van der Waals surface area contributed by atoms with Crippen LogP contribution in [0.25, 0.3) is 0 Å². The first-order chi connectivity index (χ1) is 4.16. The Balaban J connectivity index is 3.51. The van der Waals surface area contributed by atoms with Gasteiger partial charge in [0.1, 0.15) is 0 Å². The number of rotatable bonds is 2. The topological polar surface area (TPSA) is 29.1 Å². The molecule has 0 aliphatic carbocycles. The monoisotopic (exact) mass is 127 g/mol. The normalized spacial score (nSPS) is 10.7. The molecule has 0 heterocycles. The van der Waals surface area contributed by atoms with Gasteiger partial charge in [0.2, 0.25) is 5.91 Å². The second kappa shape index (κ2) is 4.13. The van der Waals surface area contributed by atoms with E-state index in [9.17, 15) is 4.79 Å². The Labute approximate surface area is 56.0 Å². The van der Waals surface area contributed by atoms with Gasteiger partial charge in [0, 0.05) is 6.04 Å². The number of hydrogen-bond acceptors (Lipinski definition) is 1. The first-order valence-electron chi connectivity index (χ1n) is 3.10. The number of allylic oxidation sites excluding steroid dienone is 1. The lowest BCUT2D eigenvalue weighted by atomic mass is 10.4.